The van der Waals surface area contributed by atoms with Gasteiger partial charge in [-0.3, -0.25) is 4.79 Å². The lowest BCUT2D eigenvalue weighted by Crippen LogP contribution is -2.29. The van der Waals surface area contributed by atoms with Crippen LogP contribution in [-0.4, -0.2) is 23.7 Å². The third-order valence-electron chi connectivity index (χ3n) is 2.64. The van der Waals surface area contributed by atoms with E-state index < -0.39 is 5.97 Å². The molecule has 0 aliphatic heterocycles. The van der Waals surface area contributed by atoms with Crippen LogP contribution in [0.25, 0.3) is 0 Å². The summed E-state index contributed by atoms with van der Waals surface area (Å²) in [6.45, 7) is 0.514. The van der Waals surface area contributed by atoms with E-state index in [0.29, 0.717) is 24.2 Å². The van der Waals surface area contributed by atoms with Crippen LogP contribution in [0, 0.1) is 12.3 Å². The summed E-state index contributed by atoms with van der Waals surface area (Å²) in [5.74, 6) is 1.71. The quantitative estimate of drug-likeness (QED) is 0.528. The molecule has 0 radical (unpaired) electrons. The summed E-state index contributed by atoms with van der Waals surface area (Å²) in [4.78, 5) is 21.9. The van der Waals surface area contributed by atoms with Crippen LogP contribution in [-0.2, 0) is 4.79 Å². The van der Waals surface area contributed by atoms with Gasteiger partial charge >= 0.3 is 12.0 Å². The van der Waals surface area contributed by atoms with E-state index in [1.54, 1.807) is 24.3 Å². The molecular weight excluding hydrogens is 256 g/mol. The van der Waals surface area contributed by atoms with Gasteiger partial charge in [0, 0.05) is 24.2 Å². The van der Waals surface area contributed by atoms with Gasteiger partial charge in [0.2, 0.25) is 0 Å². The molecule has 0 aromatic heterocycles. The van der Waals surface area contributed by atoms with Crippen molar-refractivity contribution in [1.29, 1.82) is 0 Å². The summed E-state index contributed by atoms with van der Waals surface area (Å²) in [5.41, 5.74) is 1.35. The molecule has 0 saturated carbocycles. The van der Waals surface area contributed by atoms with E-state index in [1.165, 1.54) is 0 Å². The molecule has 0 atom stereocenters. The van der Waals surface area contributed by atoms with Gasteiger partial charge in [0.05, 0.1) is 0 Å². The van der Waals surface area contributed by atoms with Gasteiger partial charge < -0.3 is 15.7 Å². The van der Waals surface area contributed by atoms with Crippen LogP contribution in [0.4, 0.5) is 10.5 Å². The zero-order valence-corrected chi connectivity index (χ0v) is 11.2. The lowest BCUT2D eigenvalue weighted by Gasteiger charge is -2.07. The van der Waals surface area contributed by atoms with Gasteiger partial charge in [-0.1, -0.05) is 18.4 Å². The first-order chi connectivity index (χ1) is 9.61. The largest absolute Gasteiger partial charge is 0.481 e. The molecule has 2 amide bonds. The van der Waals surface area contributed by atoms with Crippen molar-refractivity contribution in [3.05, 3.63) is 29.8 Å². The lowest BCUT2D eigenvalue weighted by atomic mass is 10.2. The second kappa shape index (κ2) is 8.59. The standard InChI is InChI=1S/C15H18N2O3/c1-2-12-7-6-8-13(11-12)17-15(20)16-10-5-3-4-9-14(18)19/h1,6-8,11H,3-5,9-10H2,(H,18,19)(H2,16,17,20). The maximum absolute atomic E-state index is 11.6. The molecule has 1 rings (SSSR count). The highest BCUT2D eigenvalue weighted by Gasteiger charge is 2.01. The molecule has 0 aliphatic carbocycles. The number of amides is 2. The number of carbonyl (C=O) groups excluding carboxylic acids is 1. The summed E-state index contributed by atoms with van der Waals surface area (Å²) in [6.07, 6.45) is 7.61. The van der Waals surface area contributed by atoms with Gasteiger partial charge in [0.25, 0.3) is 0 Å². The molecule has 0 spiro atoms. The van der Waals surface area contributed by atoms with Gasteiger partial charge in [0.15, 0.2) is 0 Å². The minimum Gasteiger partial charge on any atom is -0.481 e. The Morgan fingerprint density at radius 1 is 1.25 bits per heavy atom. The van der Waals surface area contributed by atoms with Crippen molar-refractivity contribution in [3.63, 3.8) is 0 Å². The van der Waals surface area contributed by atoms with Crippen LogP contribution in [0.5, 0.6) is 0 Å². The molecule has 0 saturated heterocycles. The number of terminal acetylenes is 1. The summed E-state index contributed by atoms with van der Waals surface area (Å²) in [5, 5.41) is 13.9. The van der Waals surface area contributed by atoms with Crippen molar-refractivity contribution in [1.82, 2.24) is 5.32 Å². The number of carboxylic acid groups (broad SMARTS) is 1. The number of urea groups is 1. The molecule has 0 heterocycles. The van der Waals surface area contributed by atoms with Crippen LogP contribution < -0.4 is 10.6 Å². The normalized spacial score (nSPS) is 9.55. The molecule has 0 unspecified atom stereocenters. The predicted molar refractivity (Wildman–Crippen MR) is 77.5 cm³/mol. The molecule has 0 bridgehead atoms. The SMILES string of the molecule is C#Cc1cccc(NC(=O)NCCCCCC(=O)O)c1. The number of hydrogen-bond acceptors (Lipinski definition) is 2. The van der Waals surface area contributed by atoms with E-state index in [4.69, 9.17) is 11.5 Å². The van der Waals surface area contributed by atoms with Crippen LogP contribution in [0.1, 0.15) is 31.2 Å². The lowest BCUT2D eigenvalue weighted by molar-refractivity contribution is -0.137. The first-order valence-electron chi connectivity index (χ1n) is 6.45. The van der Waals surface area contributed by atoms with Crippen molar-refractivity contribution in [2.24, 2.45) is 0 Å². The summed E-state index contributed by atoms with van der Waals surface area (Å²) in [7, 11) is 0. The molecule has 0 fully saturated rings. The molecule has 5 nitrogen and oxygen atoms in total. The fraction of sp³-hybridized carbons (Fsp3) is 0.333. The van der Waals surface area contributed by atoms with Gasteiger partial charge in [-0.05, 0) is 31.0 Å². The Hall–Kier alpha value is -2.48. The Morgan fingerprint density at radius 2 is 2.05 bits per heavy atom. The number of carboxylic acids is 1. The first kappa shape index (κ1) is 15.6. The van der Waals surface area contributed by atoms with Gasteiger partial charge in [-0.2, -0.15) is 0 Å². The topological polar surface area (TPSA) is 78.4 Å². The van der Waals surface area contributed by atoms with E-state index in [9.17, 15) is 9.59 Å². The highest BCUT2D eigenvalue weighted by atomic mass is 16.4. The minimum absolute atomic E-state index is 0.172. The summed E-state index contributed by atoms with van der Waals surface area (Å²) >= 11 is 0. The van der Waals surface area contributed by atoms with Crippen molar-refractivity contribution < 1.29 is 14.7 Å². The van der Waals surface area contributed by atoms with E-state index in [1.807, 2.05) is 0 Å². The van der Waals surface area contributed by atoms with E-state index in [-0.39, 0.29) is 12.5 Å². The molecule has 106 valence electrons. The van der Waals surface area contributed by atoms with Crippen LogP contribution in [0.2, 0.25) is 0 Å². The third-order valence-corrected chi connectivity index (χ3v) is 2.64. The molecule has 20 heavy (non-hydrogen) atoms. The Bertz CT molecular complexity index is 506. The molecular formula is C15H18N2O3. The van der Waals surface area contributed by atoms with E-state index >= 15 is 0 Å². The number of rotatable bonds is 7. The van der Waals surface area contributed by atoms with E-state index in [0.717, 1.165) is 12.8 Å². The number of unbranched alkanes of at least 4 members (excludes halogenated alkanes) is 2. The smallest absolute Gasteiger partial charge is 0.319 e. The van der Waals surface area contributed by atoms with Crippen LogP contribution >= 0.6 is 0 Å². The second-order valence-corrected chi connectivity index (χ2v) is 4.31. The Kier molecular flexibility index (Phi) is 6.69. The number of hydrogen-bond donors (Lipinski definition) is 3. The third kappa shape index (κ3) is 6.45. The monoisotopic (exact) mass is 274 g/mol. The Morgan fingerprint density at radius 3 is 2.75 bits per heavy atom. The molecule has 1 aromatic rings. The number of nitrogens with one attached hydrogen (secondary N) is 2. The zero-order chi connectivity index (χ0) is 14.8. The first-order valence-corrected chi connectivity index (χ1v) is 6.45. The highest BCUT2D eigenvalue weighted by Crippen LogP contribution is 2.09. The molecule has 0 aliphatic rings. The molecule has 3 N–H and O–H groups in total. The fourth-order valence-electron chi connectivity index (χ4n) is 1.64. The second-order valence-electron chi connectivity index (χ2n) is 4.31. The highest BCUT2D eigenvalue weighted by molar-refractivity contribution is 5.89. The maximum atomic E-state index is 11.6. The summed E-state index contributed by atoms with van der Waals surface area (Å²) in [6, 6.07) is 6.74. The van der Waals surface area contributed by atoms with Crippen LogP contribution in [0.3, 0.4) is 0 Å². The molecule has 1 aromatic carbocycles. The predicted octanol–water partition coefficient (Wildman–Crippen LogP) is 2.43. The fourth-order valence-corrected chi connectivity index (χ4v) is 1.64. The van der Waals surface area contributed by atoms with E-state index in [2.05, 4.69) is 16.6 Å². The maximum Gasteiger partial charge on any atom is 0.319 e. The summed E-state index contributed by atoms with van der Waals surface area (Å²) < 4.78 is 0. The number of aliphatic carboxylic acids is 1. The van der Waals surface area contributed by atoms with Gasteiger partial charge in [-0.25, -0.2) is 4.79 Å². The number of anilines is 1. The molecule has 5 heteroatoms. The number of benzene rings is 1. The van der Waals surface area contributed by atoms with Crippen molar-refractivity contribution >= 4 is 17.7 Å². The van der Waals surface area contributed by atoms with Crippen molar-refractivity contribution in [3.8, 4) is 12.3 Å². The Labute approximate surface area is 118 Å². The zero-order valence-electron chi connectivity index (χ0n) is 11.2. The van der Waals surface area contributed by atoms with Crippen molar-refractivity contribution in [2.75, 3.05) is 11.9 Å². The number of carbonyl (C=O) groups is 2. The van der Waals surface area contributed by atoms with Crippen molar-refractivity contribution in [2.45, 2.75) is 25.7 Å². The average molecular weight is 274 g/mol. The minimum atomic E-state index is -0.788. The Balaban J connectivity index is 2.20. The van der Waals surface area contributed by atoms with Crippen LogP contribution in [0.15, 0.2) is 24.3 Å². The van der Waals surface area contributed by atoms with Gasteiger partial charge in [0.1, 0.15) is 0 Å². The average Bonchev–Trinajstić information content (AvgIpc) is 2.42. The van der Waals surface area contributed by atoms with Gasteiger partial charge in [-0.15, -0.1) is 6.42 Å².